The molecule has 0 heterocycles. The summed E-state index contributed by atoms with van der Waals surface area (Å²) < 4.78 is 10.4. The van der Waals surface area contributed by atoms with Gasteiger partial charge in [-0.2, -0.15) is 5.10 Å². The molecule has 5 nitrogen and oxygen atoms in total. The van der Waals surface area contributed by atoms with E-state index in [0.717, 1.165) is 11.1 Å². The highest BCUT2D eigenvalue weighted by molar-refractivity contribution is 5.96. The fourth-order valence-electron chi connectivity index (χ4n) is 1.96. The third kappa shape index (κ3) is 3.85. The Balaban J connectivity index is 2.09. The predicted molar refractivity (Wildman–Crippen MR) is 85.8 cm³/mol. The van der Waals surface area contributed by atoms with Crippen molar-refractivity contribution in [1.29, 1.82) is 0 Å². The molecule has 2 aromatic carbocycles. The predicted octanol–water partition coefficient (Wildman–Crippen LogP) is 2.78. The summed E-state index contributed by atoms with van der Waals surface area (Å²) in [5.41, 5.74) is 4.78. The summed E-state index contributed by atoms with van der Waals surface area (Å²) in [6.07, 6.45) is 1.54. The van der Waals surface area contributed by atoms with Crippen molar-refractivity contribution in [3.63, 3.8) is 0 Å². The molecule has 0 saturated heterocycles. The van der Waals surface area contributed by atoms with Crippen LogP contribution in [0.25, 0.3) is 0 Å². The van der Waals surface area contributed by atoms with Gasteiger partial charge in [-0.25, -0.2) is 5.43 Å². The number of nitrogens with one attached hydrogen (secondary N) is 1. The lowest BCUT2D eigenvalue weighted by molar-refractivity contribution is 0.0954. The molecule has 0 aliphatic heterocycles. The number of benzene rings is 2. The van der Waals surface area contributed by atoms with Crippen LogP contribution in [0.1, 0.15) is 21.5 Å². The van der Waals surface area contributed by atoms with Crippen molar-refractivity contribution in [2.24, 2.45) is 5.10 Å². The van der Waals surface area contributed by atoms with Crippen molar-refractivity contribution in [2.45, 2.75) is 6.92 Å². The van der Waals surface area contributed by atoms with Gasteiger partial charge in [0.2, 0.25) is 0 Å². The van der Waals surface area contributed by atoms with Crippen LogP contribution < -0.4 is 14.9 Å². The zero-order chi connectivity index (χ0) is 15.9. The second-order valence-electron chi connectivity index (χ2n) is 4.66. The number of aryl methyl sites for hydroxylation is 1. The van der Waals surface area contributed by atoms with Gasteiger partial charge in [0, 0.05) is 17.2 Å². The van der Waals surface area contributed by atoms with Crippen molar-refractivity contribution in [1.82, 2.24) is 5.43 Å². The molecule has 1 N–H and O–H groups in total. The number of nitrogens with zero attached hydrogens (tertiary/aromatic N) is 1. The van der Waals surface area contributed by atoms with Crippen LogP contribution in [0, 0.1) is 6.92 Å². The molecule has 5 heteroatoms. The highest BCUT2D eigenvalue weighted by Crippen LogP contribution is 2.21. The quantitative estimate of drug-likeness (QED) is 0.682. The van der Waals surface area contributed by atoms with E-state index in [1.807, 2.05) is 25.1 Å². The lowest BCUT2D eigenvalue weighted by Crippen LogP contribution is -2.18. The molecule has 0 spiro atoms. The highest BCUT2D eigenvalue weighted by atomic mass is 16.5. The second-order valence-corrected chi connectivity index (χ2v) is 4.66. The summed E-state index contributed by atoms with van der Waals surface area (Å²) in [5.74, 6) is 1.07. The van der Waals surface area contributed by atoms with E-state index in [9.17, 15) is 4.79 Å². The van der Waals surface area contributed by atoms with E-state index in [1.165, 1.54) is 0 Å². The smallest absolute Gasteiger partial charge is 0.271 e. The number of rotatable bonds is 5. The Hall–Kier alpha value is -2.82. The van der Waals surface area contributed by atoms with Crippen LogP contribution >= 0.6 is 0 Å². The third-order valence-corrected chi connectivity index (χ3v) is 3.14. The number of carbonyl (C=O) groups is 1. The average Bonchev–Trinajstić information content (AvgIpc) is 2.54. The van der Waals surface area contributed by atoms with Crippen LogP contribution in [-0.2, 0) is 0 Å². The number of hydrogen-bond donors (Lipinski definition) is 1. The SMILES string of the molecule is COc1cc(/C=N\NC(=O)c2ccccc2C)cc(OC)c1. The molecule has 22 heavy (non-hydrogen) atoms. The van der Waals surface area contributed by atoms with E-state index in [2.05, 4.69) is 10.5 Å². The van der Waals surface area contributed by atoms with E-state index in [1.54, 1.807) is 44.7 Å². The van der Waals surface area contributed by atoms with E-state index in [4.69, 9.17) is 9.47 Å². The molecule has 0 saturated carbocycles. The molecule has 0 aromatic heterocycles. The summed E-state index contributed by atoms with van der Waals surface area (Å²) in [7, 11) is 3.16. The summed E-state index contributed by atoms with van der Waals surface area (Å²) >= 11 is 0. The molecule has 0 fully saturated rings. The number of amides is 1. The van der Waals surface area contributed by atoms with E-state index >= 15 is 0 Å². The first kappa shape index (κ1) is 15.6. The van der Waals surface area contributed by atoms with Gasteiger partial charge in [0.25, 0.3) is 5.91 Å². The molecule has 0 atom stereocenters. The van der Waals surface area contributed by atoms with E-state index in [0.29, 0.717) is 17.1 Å². The molecular formula is C17H18N2O3. The third-order valence-electron chi connectivity index (χ3n) is 3.14. The summed E-state index contributed by atoms with van der Waals surface area (Å²) in [4.78, 5) is 12.0. The van der Waals surface area contributed by atoms with Gasteiger partial charge in [0.1, 0.15) is 11.5 Å². The van der Waals surface area contributed by atoms with Gasteiger partial charge in [-0.3, -0.25) is 4.79 Å². The molecule has 0 bridgehead atoms. The normalized spacial score (nSPS) is 10.5. The van der Waals surface area contributed by atoms with E-state index in [-0.39, 0.29) is 5.91 Å². The minimum Gasteiger partial charge on any atom is -0.497 e. The van der Waals surface area contributed by atoms with Gasteiger partial charge < -0.3 is 9.47 Å². The number of hydrazone groups is 1. The van der Waals surface area contributed by atoms with Gasteiger partial charge in [0.15, 0.2) is 0 Å². The number of methoxy groups -OCH3 is 2. The fraction of sp³-hybridized carbons (Fsp3) is 0.176. The Morgan fingerprint density at radius 2 is 1.73 bits per heavy atom. The number of carbonyl (C=O) groups excluding carboxylic acids is 1. The maximum absolute atomic E-state index is 12.0. The van der Waals surface area contributed by atoms with Crippen molar-refractivity contribution in [3.05, 3.63) is 59.2 Å². The molecule has 0 aliphatic carbocycles. The van der Waals surface area contributed by atoms with Crippen LogP contribution in [0.5, 0.6) is 11.5 Å². The lowest BCUT2D eigenvalue weighted by Gasteiger charge is -2.06. The second kappa shape index (κ2) is 7.26. The van der Waals surface area contributed by atoms with Crippen molar-refractivity contribution in [3.8, 4) is 11.5 Å². The Morgan fingerprint density at radius 1 is 1.09 bits per heavy atom. The largest absolute Gasteiger partial charge is 0.497 e. The molecule has 2 aromatic rings. The van der Waals surface area contributed by atoms with Crippen molar-refractivity contribution in [2.75, 3.05) is 14.2 Å². The molecule has 0 unspecified atom stereocenters. The molecule has 0 aliphatic rings. The molecule has 1 amide bonds. The molecule has 2 rings (SSSR count). The minimum atomic E-state index is -0.246. The van der Waals surface area contributed by atoms with Crippen LogP contribution in [-0.4, -0.2) is 26.3 Å². The fourth-order valence-corrected chi connectivity index (χ4v) is 1.96. The summed E-state index contributed by atoms with van der Waals surface area (Å²) in [6, 6.07) is 12.7. The highest BCUT2D eigenvalue weighted by Gasteiger charge is 2.06. The summed E-state index contributed by atoms with van der Waals surface area (Å²) in [5, 5.41) is 3.97. The van der Waals surface area contributed by atoms with Crippen LogP contribution in [0.15, 0.2) is 47.6 Å². The van der Waals surface area contributed by atoms with Gasteiger partial charge >= 0.3 is 0 Å². The van der Waals surface area contributed by atoms with Gasteiger partial charge in [0.05, 0.1) is 20.4 Å². The van der Waals surface area contributed by atoms with Gasteiger partial charge in [-0.15, -0.1) is 0 Å². The zero-order valence-corrected chi connectivity index (χ0v) is 12.8. The van der Waals surface area contributed by atoms with Crippen molar-refractivity contribution >= 4 is 12.1 Å². The first-order valence-electron chi connectivity index (χ1n) is 6.76. The summed E-state index contributed by atoms with van der Waals surface area (Å²) in [6.45, 7) is 1.88. The average molecular weight is 298 g/mol. The number of hydrogen-bond acceptors (Lipinski definition) is 4. The first-order chi connectivity index (χ1) is 10.6. The van der Waals surface area contributed by atoms with Crippen LogP contribution in [0.4, 0.5) is 0 Å². The Bertz CT molecular complexity index is 674. The van der Waals surface area contributed by atoms with E-state index < -0.39 is 0 Å². The standard InChI is InChI=1S/C17H18N2O3/c1-12-6-4-5-7-16(12)17(20)19-18-11-13-8-14(21-2)10-15(9-13)22-3/h4-11H,1-3H3,(H,19,20)/b18-11-. The molecule has 114 valence electrons. The number of ether oxygens (including phenoxy) is 2. The van der Waals surface area contributed by atoms with Crippen LogP contribution in [0.2, 0.25) is 0 Å². The minimum absolute atomic E-state index is 0.246. The maximum atomic E-state index is 12.0. The Morgan fingerprint density at radius 3 is 2.32 bits per heavy atom. The topological polar surface area (TPSA) is 59.9 Å². The lowest BCUT2D eigenvalue weighted by atomic mass is 10.1. The zero-order valence-electron chi connectivity index (χ0n) is 12.8. The first-order valence-corrected chi connectivity index (χ1v) is 6.76. The van der Waals surface area contributed by atoms with Gasteiger partial charge in [-0.1, -0.05) is 18.2 Å². The Labute approximate surface area is 129 Å². The molecule has 0 radical (unpaired) electrons. The monoisotopic (exact) mass is 298 g/mol. The maximum Gasteiger partial charge on any atom is 0.271 e. The van der Waals surface area contributed by atoms with Crippen LogP contribution in [0.3, 0.4) is 0 Å². The van der Waals surface area contributed by atoms with Gasteiger partial charge in [-0.05, 0) is 30.7 Å². The van der Waals surface area contributed by atoms with Crippen molar-refractivity contribution < 1.29 is 14.3 Å². The Kier molecular flexibility index (Phi) is 5.14. The molecular weight excluding hydrogens is 280 g/mol.